The molecular formula is C18H26N2O6. The zero-order chi connectivity index (χ0) is 19.5. The van der Waals surface area contributed by atoms with Crippen molar-refractivity contribution in [1.82, 2.24) is 5.43 Å². The molecule has 1 rings (SSSR count). The highest BCUT2D eigenvalue weighted by Gasteiger charge is 2.16. The fourth-order valence-electron chi connectivity index (χ4n) is 1.98. The van der Waals surface area contributed by atoms with E-state index in [1.807, 2.05) is 0 Å². The third kappa shape index (κ3) is 7.98. The minimum absolute atomic E-state index is 0.105. The van der Waals surface area contributed by atoms with Crippen LogP contribution in [0.3, 0.4) is 0 Å². The van der Waals surface area contributed by atoms with Gasteiger partial charge in [-0.2, -0.15) is 0 Å². The smallest absolute Gasteiger partial charge is 0.311 e. The van der Waals surface area contributed by atoms with E-state index >= 15 is 0 Å². The van der Waals surface area contributed by atoms with E-state index in [2.05, 4.69) is 5.43 Å². The van der Waals surface area contributed by atoms with E-state index in [0.29, 0.717) is 17.7 Å². The summed E-state index contributed by atoms with van der Waals surface area (Å²) in [6.45, 7) is 5.16. The molecule has 1 amide bonds. The van der Waals surface area contributed by atoms with Crippen LogP contribution in [0.5, 0.6) is 5.75 Å². The first kappa shape index (κ1) is 21.4. The van der Waals surface area contributed by atoms with Crippen molar-refractivity contribution in [2.75, 3.05) is 6.61 Å². The Kier molecular flexibility index (Phi) is 9.14. The number of nitrogens with one attached hydrogen (secondary N) is 1. The Morgan fingerprint density at radius 1 is 1.12 bits per heavy atom. The van der Waals surface area contributed by atoms with Gasteiger partial charge in [-0.05, 0) is 12.5 Å². The van der Waals surface area contributed by atoms with Crippen LogP contribution in [0.1, 0.15) is 39.2 Å². The summed E-state index contributed by atoms with van der Waals surface area (Å²) in [6.07, 6.45) is -0.280. The van der Waals surface area contributed by atoms with Gasteiger partial charge in [0.2, 0.25) is 12.2 Å². The van der Waals surface area contributed by atoms with E-state index in [4.69, 9.17) is 20.1 Å². The molecule has 0 aliphatic rings. The standard InChI is InChI=1S/C18H26N2O6/c1-12(2)18(23)26-13(3)25-17(22)9-6-10-24-15-8-5-4-7-14(15)11-16(21)20-19/h4-5,7-8,12-13H,6,9-11,19H2,1-3H3,(H,20,21). The molecule has 0 saturated heterocycles. The van der Waals surface area contributed by atoms with Crippen LogP contribution in [-0.4, -0.2) is 30.7 Å². The van der Waals surface area contributed by atoms with Gasteiger partial charge in [0.15, 0.2) is 0 Å². The summed E-state index contributed by atoms with van der Waals surface area (Å²) >= 11 is 0. The van der Waals surface area contributed by atoms with E-state index in [1.165, 1.54) is 6.92 Å². The van der Waals surface area contributed by atoms with Crippen LogP contribution in [0.15, 0.2) is 24.3 Å². The quantitative estimate of drug-likeness (QED) is 0.161. The molecule has 0 saturated carbocycles. The lowest BCUT2D eigenvalue weighted by atomic mass is 10.1. The SMILES string of the molecule is CC(OC(=O)CCCOc1ccccc1CC(=O)NN)OC(=O)C(C)C. The molecule has 1 aromatic carbocycles. The van der Waals surface area contributed by atoms with Gasteiger partial charge in [0.1, 0.15) is 5.75 Å². The van der Waals surface area contributed by atoms with Gasteiger partial charge in [-0.15, -0.1) is 0 Å². The van der Waals surface area contributed by atoms with Gasteiger partial charge in [0.05, 0.1) is 18.9 Å². The molecule has 0 aliphatic carbocycles. The van der Waals surface area contributed by atoms with Crippen LogP contribution in [0.25, 0.3) is 0 Å². The molecule has 1 aromatic rings. The van der Waals surface area contributed by atoms with Gasteiger partial charge in [-0.3, -0.25) is 19.8 Å². The number of rotatable bonds is 10. The van der Waals surface area contributed by atoms with Crippen molar-refractivity contribution in [3.63, 3.8) is 0 Å². The Labute approximate surface area is 152 Å². The second-order valence-electron chi connectivity index (χ2n) is 5.95. The zero-order valence-electron chi connectivity index (χ0n) is 15.3. The number of ether oxygens (including phenoxy) is 3. The summed E-state index contributed by atoms with van der Waals surface area (Å²) in [5, 5.41) is 0. The summed E-state index contributed by atoms with van der Waals surface area (Å²) < 4.78 is 15.6. The Bertz CT molecular complexity index is 617. The Balaban J connectivity index is 2.35. The second kappa shape index (κ2) is 11.1. The van der Waals surface area contributed by atoms with E-state index < -0.39 is 18.2 Å². The maximum Gasteiger partial charge on any atom is 0.311 e. The summed E-state index contributed by atoms with van der Waals surface area (Å²) in [5.41, 5.74) is 2.77. The Morgan fingerprint density at radius 3 is 2.46 bits per heavy atom. The maximum absolute atomic E-state index is 11.7. The molecule has 26 heavy (non-hydrogen) atoms. The monoisotopic (exact) mass is 366 g/mol. The minimum Gasteiger partial charge on any atom is -0.493 e. The van der Waals surface area contributed by atoms with Crippen LogP contribution >= 0.6 is 0 Å². The average Bonchev–Trinajstić information content (AvgIpc) is 2.59. The van der Waals surface area contributed by atoms with Gasteiger partial charge in [0.25, 0.3) is 0 Å². The molecule has 1 unspecified atom stereocenters. The zero-order valence-corrected chi connectivity index (χ0v) is 15.3. The third-order valence-corrected chi connectivity index (χ3v) is 3.32. The number of carbonyl (C=O) groups excluding carboxylic acids is 3. The highest BCUT2D eigenvalue weighted by atomic mass is 16.7. The van der Waals surface area contributed by atoms with Crippen molar-refractivity contribution in [3.8, 4) is 5.75 Å². The van der Waals surface area contributed by atoms with Crippen LogP contribution < -0.4 is 16.0 Å². The number of hydrazine groups is 1. The summed E-state index contributed by atoms with van der Waals surface area (Å²) in [7, 11) is 0. The van der Waals surface area contributed by atoms with Crippen molar-refractivity contribution in [2.24, 2.45) is 11.8 Å². The third-order valence-electron chi connectivity index (χ3n) is 3.32. The molecule has 1 atom stereocenters. The summed E-state index contributed by atoms with van der Waals surface area (Å²) in [5.74, 6) is 4.13. The van der Waals surface area contributed by atoms with Crippen LogP contribution in [0, 0.1) is 5.92 Å². The van der Waals surface area contributed by atoms with E-state index in [0.717, 1.165) is 0 Å². The topological polar surface area (TPSA) is 117 Å². The van der Waals surface area contributed by atoms with Crippen molar-refractivity contribution >= 4 is 17.8 Å². The predicted molar refractivity (Wildman–Crippen MR) is 93.7 cm³/mol. The molecule has 0 fully saturated rings. The average molecular weight is 366 g/mol. The molecule has 8 nitrogen and oxygen atoms in total. The Morgan fingerprint density at radius 2 is 1.81 bits per heavy atom. The molecule has 0 heterocycles. The second-order valence-corrected chi connectivity index (χ2v) is 5.95. The molecule has 8 heteroatoms. The number of benzene rings is 1. The van der Waals surface area contributed by atoms with Crippen LogP contribution in [0.2, 0.25) is 0 Å². The van der Waals surface area contributed by atoms with Crippen molar-refractivity contribution in [2.45, 2.75) is 46.3 Å². The molecule has 3 N–H and O–H groups in total. The highest BCUT2D eigenvalue weighted by Crippen LogP contribution is 2.19. The normalized spacial score (nSPS) is 11.6. The minimum atomic E-state index is -0.922. The number of para-hydroxylation sites is 1. The summed E-state index contributed by atoms with van der Waals surface area (Å²) in [4.78, 5) is 34.5. The van der Waals surface area contributed by atoms with Gasteiger partial charge < -0.3 is 14.2 Å². The lowest BCUT2D eigenvalue weighted by molar-refractivity contribution is -0.186. The number of nitrogens with two attached hydrogens (primary N) is 1. The fraction of sp³-hybridized carbons (Fsp3) is 0.500. The molecule has 0 aromatic heterocycles. The number of carbonyl (C=O) groups is 3. The number of hydrogen-bond acceptors (Lipinski definition) is 7. The van der Waals surface area contributed by atoms with Crippen LogP contribution in [-0.2, 0) is 30.3 Å². The number of esters is 2. The fourth-order valence-corrected chi connectivity index (χ4v) is 1.98. The molecule has 0 spiro atoms. The lowest BCUT2D eigenvalue weighted by Gasteiger charge is -2.15. The van der Waals surface area contributed by atoms with E-state index in [-0.39, 0.29) is 31.3 Å². The molecule has 0 radical (unpaired) electrons. The van der Waals surface area contributed by atoms with Crippen molar-refractivity contribution in [3.05, 3.63) is 29.8 Å². The largest absolute Gasteiger partial charge is 0.493 e. The highest BCUT2D eigenvalue weighted by molar-refractivity contribution is 5.78. The molecule has 0 bridgehead atoms. The molecule has 0 aliphatic heterocycles. The molecule has 144 valence electrons. The first-order valence-electron chi connectivity index (χ1n) is 8.43. The van der Waals surface area contributed by atoms with Gasteiger partial charge in [0, 0.05) is 18.9 Å². The summed E-state index contributed by atoms with van der Waals surface area (Å²) in [6, 6.07) is 7.09. The van der Waals surface area contributed by atoms with Gasteiger partial charge in [-0.1, -0.05) is 32.0 Å². The Hall–Kier alpha value is -2.61. The number of hydrogen-bond donors (Lipinski definition) is 2. The first-order chi connectivity index (χ1) is 12.3. The van der Waals surface area contributed by atoms with Gasteiger partial charge >= 0.3 is 11.9 Å². The van der Waals surface area contributed by atoms with Crippen LogP contribution in [0.4, 0.5) is 0 Å². The van der Waals surface area contributed by atoms with Crippen molar-refractivity contribution in [1.29, 1.82) is 0 Å². The number of amides is 1. The van der Waals surface area contributed by atoms with E-state index in [9.17, 15) is 14.4 Å². The van der Waals surface area contributed by atoms with Crippen molar-refractivity contribution < 1.29 is 28.6 Å². The maximum atomic E-state index is 11.7. The lowest BCUT2D eigenvalue weighted by Crippen LogP contribution is -2.31. The predicted octanol–water partition coefficient (Wildman–Crippen LogP) is 1.47. The van der Waals surface area contributed by atoms with E-state index in [1.54, 1.807) is 38.1 Å². The molecular weight excluding hydrogens is 340 g/mol. The van der Waals surface area contributed by atoms with Gasteiger partial charge in [-0.25, -0.2) is 5.84 Å². The first-order valence-corrected chi connectivity index (χ1v) is 8.43.